The van der Waals surface area contributed by atoms with Crippen molar-refractivity contribution in [3.8, 4) is 5.69 Å². The molecule has 0 spiro atoms. The first kappa shape index (κ1) is 19.3. The molecular weight excluding hydrogens is 390 g/mol. The van der Waals surface area contributed by atoms with Crippen LogP contribution >= 0.6 is 0 Å². The molecule has 2 heterocycles. The first-order valence-corrected chi connectivity index (χ1v) is 10.6. The summed E-state index contributed by atoms with van der Waals surface area (Å²) >= 11 is 0. The largest absolute Gasteiger partial charge is 0.325 e. The van der Waals surface area contributed by atoms with E-state index in [0.717, 1.165) is 11.3 Å². The predicted molar refractivity (Wildman–Crippen MR) is 108 cm³/mol. The molecule has 1 amide bonds. The van der Waals surface area contributed by atoms with Crippen molar-refractivity contribution < 1.29 is 13.2 Å². The van der Waals surface area contributed by atoms with Crippen LogP contribution in [0.4, 0.5) is 5.69 Å². The summed E-state index contributed by atoms with van der Waals surface area (Å²) in [5, 5.41) is 6.85. The summed E-state index contributed by atoms with van der Waals surface area (Å²) in [6, 6.07) is 11.9. The Morgan fingerprint density at radius 1 is 1.17 bits per heavy atom. The van der Waals surface area contributed by atoms with Crippen LogP contribution < -0.4 is 5.32 Å². The molecule has 0 fully saturated rings. The molecule has 150 valence electrons. The van der Waals surface area contributed by atoms with Crippen molar-refractivity contribution in [1.29, 1.82) is 0 Å². The Balaban J connectivity index is 1.60. The van der Waals surface area contributed by atoms with Crippen LogP contribution in [0.2, 0.25) is 0 Å². The highest BCUT2D eigenvalue weighted by molar-refractivity contribution is 7.89. The van der Waals surface area contributed by atoms with Gasteiger partial charge in [0, 0.05) is 18.8 Å². The minimum absolute atomic E-state index is 0.122. The van der Waals surface area contributed by atoms with Gasteiger partial charge in [-0.05, 0) is 55.3 Å². The molecule has 4 rings (SSSR count). The number of benzene rings is 2. The Morgan fingerprint density at radius 3 is 2.55 bits per heavy atom. The molecule has 1 aliphatic heterocycles. The summed E-state index contributed by atoms with van der Waals surface area (Å²) in [5.74, 6) is -0.490. The van der Waals surface area contributed by atoms with Gasteiger partial charge in [-0.1, -0.05) is 12.1 Å². The summed E-state index contributed by atoms with van der Waals surface area (Å²) in [7, 11) is -2.17. The zero-order valence-electron chi connectivity index (χ0n) is 16.3. The van der Waals surface area contributed by atoms with E-state index in [4.69, 9.17) is 0 Å². The second-order valence-electron chi connectivity index (χ2n) is 7.09. The molecule has 0 saturated heterocycles. The molecule has 29 heavy (non-hydrogen) atoms. The molecule has 2 atom stereocenters. The average Bonchev–Trinajstić information content (AvgIpc) is 3.36. The molecule has 1 aromatic heterocycles. The minimum Gasteiger partial charge on any atom is -0.325 e. The highest BCUT2D eigenvalue weighted by Gasteiger charge is 2.31. The fourth-order valence-electron chi connectivity index (χ4n) is 3.39. The molecule has 0 unspecified atom stereocenters. The Bertz CT molecular complexity index is 1160. The van der Waals surface area contributed by atoms with E-state index in [1.165, 1.54) is 16.7 Å². The van der Waals surface area contributed by atoms with E-state index in [1.807, 2.05) is 31.2 Å². The number of nitrogens with zero attached hydrogens (tertiary/aromatic N) is 4. The molecular formula is C20H21N5O3S. The number of hydrogen-bond donors (Lipinski definition) is 1. The zero-order valence-corrected chi connectivity index (χ0v) is 17.1. The van der Waals surface area contributed by atoms with Crippen LogP contribution in [0.3, 0.4) is 0 Å². The van der Waals surface area contributed by atoms with Gasteiger partial charge in [0.2, 0.25) is 15.9 Å². The number of sulfonamides is 1. The number of anilines is 1. The first-order valence-electron chi connectivity index (χ1n) is 9.17. The molecule has 2 aromatic carbocycles. The molecule has 8 nitrogen and oxygen atoms in total. The number of fused-ring (bicyclic) bond motifs is 1. The topological polar surface area (TPSA) is 97.2 Å². The lowest BCUT2D eigenvalue weighted by Gasteiger charge is -2.25. The van der Waals surface area contributed by atoms with E-state index < -0.39 is 10.0 Å². The Hall–Kier alpha value is -3.04. The van der Waals surface area contributed by atoms with Crippen LogP contribution in [-0.4, -0.2) is 40.4 Å². The SMILES string of the molecule is C[C@@H]1C(=O)Nc2ccc(S(=O)(=O)N(C)[C@@H](C)c3ccc(-n4cncn4)cc3)cc21. The van der Waals surface area contributed by atoms with Gasteiger partial charge < -0.3 is 5.32 Å². The van der Waals surface area contributed by atoms with Gasteiger partial charge >= 0.3 is 0 Å². The van der Waals surface area contributed by atoms with Gasteiger partial charge in [-0.25, -0.2) is 18.1 Å². The van der Waals surface area contributed by atoms with Crippen molar-refractivity contribution in [1.82, 2.24) is 19.1 Å². The van der Waals surface area contributed by atoms with Crippen LogP contribution in [0.1, 0.15) is 36.9 Å². The number of carbonyl (C=O) groups excluding carboxylic acids is 1. The van der Waals surface area contributed by atoms with Gasteiger partial charge in [0.1, 0.15) is 12.7 Å². The van der Waals surface area contributed by atoms with Crippen LogP contribution in [0.15, 0.2) is 60.0 Å². The maximum Gasteiger partial charge on any atom is 0.243 e. The molecule has 1 N–H and O–H groups in total. The van der Waals surface area contributed by atoms with Gasteiger partial charge in [-0.3, -0.25) is 4.79 Å². The summed E-state index contributed by atoms with van der Waals surface area (Å²) < 4.78 is 29.3. The van der Waals surface area contributed by atoms with Crippen LogP contribution in [0.5, 0.6) is 0 Å². The Kier molecular flexibility index (Phi) is 4.71. The standard InChI is InChI=1S/C20H21N5O3S/c1-13-18-10-17(8-9-19(18)23-20(13)26)29(27,28)24(3)14(2)15-4-6-16(7-5-15)25-12-21-11-22-25/h4-14H,1-3H3,(H,23,26)/t13-,14-/m0/s1. The fourth-order valence-corrected chi connectivity index (χ4v) is 4.77. The summed E-state index contributed by atoms with van der Waals surface area (Å²) in [5.41, 5.74) is 3.07. The molecule has 0 saturated carbocycles. The smallest absolute Gasteiger partial charge is 0.243 e. The monoisotopic (exact) mass is 411 g/mol. The molecule has 0 bridgehead atoms. The van der Waals surface area contributed by atoms with E-state index in [2.05, 4.69) is 15.4 Å². The van der Waals surface area contributed by atoms with Gasteiger partial charge in [-0.15, -0.1) is 0 Å². The fraction of sp³-hybridized carbons (Fsp3) is 0.250. The lowest BCUT2D eigenvalue weighted by Crippen LogP contribution is -2.30. The minimum atomic E-state index is -3.74. The lowest BCUT2D eigenvalue weighted by molar-refractivity contribution is -0.116. The van der Waals surface area contributed by atoms with Crippen molar-refractivity contribution in [2.75, 3.05) is 12.4 Å². The maximum atomic E-state index is 13.2. The third-order valence-electron chi connectivity index (χ3n) is 5.42. The van der Waals surface area contributed by atoms with Crippen LogP contribution in [0, 0.1) is 0 Å². The lowest BCUT2D eigenvalue weighted by atomic mass is 10.0. The molecule has 0 radical (unpaired) electrons. The Morgan fingerprint density at radius 2 is 1.90 bits per heavy atom. The number of aromatic nitrogens is 3. The number of amides is 1. The quantitative estimate of drug-likeness (QED) is 0.696. The molecule has 9 heteroatoms. The highest BCUT2D eigenvalue weighted by Crippen LogP contribution is 2.35. The van der Waals surface area contributed by atoms with E-state index in [-0.39, 0.29) is 22.8 Å². The molecule has 0 aliphatic carbocycles. The van der Waals surface area contributed by atoms with Gasteiger partial charge in [0.05, 0.1) is 16.5 Å². The van der Waals surface area contributed by atoms with Crippen molar-refractivity contribution in [3.05, 3.63) is 66.2 Å². The summed E-state index contributed by atoms with van der Waals surface area (Å²) in [6.45, 7) is 3.60. The number of rotatable bonds is 5. The number of nitrogens with one attached hydrogen (secondary N) is 1. The van der Waals surface area contributed by atoms with Gasteiger partial charge in [-0.2, -0.15) is 9.40 Å². The molecule has 3 aromatic rings. The van der Waals surface area contributed by atoms with E-state index >= 15 is 0 Å². The number of carbonyl (C=O) groups is 1. The van der Waals surface area contributed by atoms with Gasteiger partial charge in [0.15, 0.2) is 0 Å². The predicted octanol–water partition coefficient (Wildman–Crippen LogP) is 2.70. The Labute approximate surface area is 169 Å². The van der Waals surface area contributed by atoms with Crippen molar-refractivity contribution in [3.63, 3.8) is 0 Å². The van der Waals surface area contributed by atoms with Gasteiger partial charge in [0.25, 0.3) is 0 Å². The average molecular weight is 411 g/mol. The summed E-state index contributed by atoms with van der Waals surface area (Å²) in [4.78, 5) is 15.9. The highest BCUT2D eigenvalue weighted by atomic mass is 32.2. The van der Waals surface area contributed by atoms with E-state index in [0.29, 0.717) is 11.3 Å². The third kappa shape index (κ3) is 3.32. The third-order valence-corrected chi connectivity index (χ3v) is 7.35. The van der Waals surface area contributed by atoms with Crippen molar-refractivity contribution in [2.45, 2.75) is 30.7 Å². The summed E-state index contributed by atoms with van der Waals surface area (Å²) in [6.07, 6.45) is 3.06. The maximum absolute atomic E-state index is 13.2. The zero-order chi connectivity index (χ0) is 20.8. The van der Waals surface area contributed by atoms with E-state index in [9.17, 15) is 13.2 Å². The second kappa shape index (κ2) is 7.09. The van der Waals surface area contributed by atoms with Crippen LogP contribution in [0.25, 0.3) is 5.69 Å². The number of hydrogen-bond acceptors (Lipinski definition) is 5. The van der Waals surface area contributed by atoms with Crippen molar-refractivity contribution >= 4 is 21.6 Å². The second-order valence-corrected chi connectivity index (χ2v) is 9.09. The van der Waals surface area contributed by atoms with E-state index in [1.54, 1.807) is 37.1 Å². The normalized spacial score (nSPS) is 17.2. The molecule has 1 aliphatic rings. The van der Waals surface area contributed by atoms with Crippen molar-refractivity contribution in [2.24, 2.45) is 0 Å². The van der Waals surface area contributed by atoms with Crippen LogP contribution in [-0.2, 0) is 14.8 Å². The first-order chi connectivity index (χ1) is 13.8.